The second kappa shape index (κ2) is 40.9. The normalized spacial score (nSPS) is 14.4. The standard InChI is InChI=1S/C22H32N4.C21H31N5.CH2Cl2.2Ag.4ClH.Pd/c1-3-5-10-23-12-14-25(19-23)17-21-8-7-9-22(16-21)18-26-15-13-24(20-26)11-6-4-2;1-3-5-10-23-12-14-25(18-23)16-20-8-7-9-21(22-20)17-26-15-13-24(19-26)11-6-4-2;2-1-3;;;;;;;/h7-9,12-16,19-20H,3-6,10-11,17-18H2,1-2H3;7-9,12-15,18-19H,3-6,10-11,16-17H2,1-2H3;1H2;;;4*1H;/q2*-2;;2*+1;;;;;+2/p-4. The zero-order valence-corrected chi connectivity index (χ0v) is 45.3. The van der Waals surface area contributed by atoms with E-state index in [1.165, 1.54) is 62.5 Å². The van der Waals surface area contributed by atoms with E-state index in [0.29, 0.717) is 0 Å². The van der Waals surface area contributed by atoms with Crippen molar-refractivity contribution in [3.8, 4) is 0 Å². The fourth-order valence-electron chi connectivity index (χ4n) is 6.35. The van der Waals surface area contributed by atoms with E-state index in [4.69, 9.17) is 28.2 Å². The molecule has 0 spiro atoms. The molecule has 0 fully saturated rings. The second-order valence-corrected chi connectivity index (χ2v) is 15.1. The van der Waals surface area contributed by atoms with Crippen LogP contribution in [0.3, 0.4) is 0 Å². The average Bonchev–Trinajstić information content (AvgIpc) is 4.13. The summed E-state index contributed by atoms with van der Waals surface area (Å²) >= 11 is 16.6. The molecule has 18 heteroatoms. The van der Waals surface area contributed by atoms with Crippen LogP contribution in [0.4, 0.5) is 0 Å². The zero-order valence-electron chi connectivity index (χ0n) is 36.2. The molecule has 5 heterocycles. The van der Waals surface area contributed by atoms with Crippen LogP contribution in [0, 0.1) is 26.7 Å². The van der Waals surface area contributed by atoms with Crippen molar-refractivity contribution in [2.45, 2.75) is 105 Å². The van der Waals surface area contributed by atoms with Gasteiger partial charge in [0.1, 0.15) is 0 Å². The van der Waals surface area contributed by atoms with E-state index in [-0.39, 0.29) is 17.7 Å². The van der Waals surface area contributed by atoms with E-state index < -0.39 is 0 Å². The topological polar surface area (TPSA) is 38.8 Å². The SMILES string of the molecule is CCCCN1C=CN(Cc2cccc(CN3C=CN(CCCC)[CH-]3)c2)[CH-]1.CCCCN1C=CN(Cc2cccc(CN3C=CN(CCCC)[CH-]3)n2)[CH-]1.ClCCl.[Cl-].[Cl][Ag].[Cl][Ag].[Cl][Pd+]. The van der Waals surface area contributed by atoms with Crippen molar-refractivity contribution in [3.05, 3.63) is 141 Å². The third-order valence-electron chi connectivity index (χ3n) is 9.34. The molecular formula is C44H65Ag2Cl6N9Pd-4. The van der Waals surface area contributed by atoms with Gasteiger partial charge in [-0.15, -0.1) is 23.2 Å². The van der Waals surface area contributed by atoms with Crippen LogP contribution in [0.5, 0.6) is 0 Å². The number of rotatable bonds is 20. The summed E-state index contributed by atoms with van der Waals surface area (Å²) in [5.74, 6) is 0. The first-order valence-electron chi connectivity index (χ1n) is 20.6. The molecule has 0 aliphatic carbocycles. The predicted octanol–water partition coefficient (Wildman–Crippen LogP) is 9.29. The number of hydrogen-bond donors (Lipinski definition) is 0. The number of alkyl halides is 2. The maximum atomic E-state index is 4.85. The Hall–Kier alpha value is -0.387. The van der Waals surface area contributed by atoms with Crippen LogP contribution in [-0.4, -0.2) is 75.7 Å². The number of benzene rings is 1. The van der Waals surface area contributed by atoms with Crippen molar-refractivity contribution < 1.29 is 70.6 Å². The van der Waals surface area contributed by atoms with Gasteiger partial charge < -0.3 is 51.6 Å². The minimum atomic E-state index is 0. The molecule has 0 atom stereocenters. The minimum absolute atomic E-state index is 0. The van der Waals surface area contributed by atoms with Gasteiger partial charge in [0.2, 0.25) is 0 Å². The Bertz CT molecular complexity index is 1300. The van der Waals surface area contributed by atoms with Crippen molar-refractivity contribution in [1.29, 1.82) is 0 Å². The summed E-state index contributed by atoms with van der Waals surface area (Å²) in [6.07, 6.45) is 27.1. The Kier molecular flexibility index (Phi) is 40.6. The van der Waals surface area contributed by atoms with Gasteiger partial charge in [-0.1, -0.05) is 83.7 Å². The third kappa shape index (κ3) is 26.7. The number of nitrogens with zero attached hydrogens (tertiary/aromatic N) is 9. The molecule has 4 aliphatic rings. The molecule has 6 rings (SSSR count). The predicted molar refractivity (Wildman–Crippen MR) is 247 cm³/mol. The van der Waals surface area contributed by atoms with Crippen molar-refractivity contribution in [3.63, 3.8) is 0 Å². The molecule has 1 aromatic carbocycles. The van der Waals surface area contributed by atoms with Gasteiger partial charge in [0.05, 0.1) is 16.7 Å². The van der Waals surface area contributed by atoms with Gasteiger partial charge in [-0.2, -0.15) is 26.7 Å². The molecule has 0 bridgehead atoms. The van der Waals surface area contributed by atoms with Gasteiger partial charge >= 0.3 is 86.1 Å². The van der Waals surface area contributed by atoms with Gasteiger partial charge in [-0.05, 0) is 125 Å². The van der Waals surface area contributed by atoms with E-state index in [1.807, 2.05) is 0 Å². The van der Waals surface area contributed by atoms with Crippen LogP contribution in [-0.2, 0) is 84.3 Å². The Labute approximate surface area is 439 Å². The number of halogens is 6. The molecule has 364 valence electrons. The van der Waals surface area contributed by atoms with E-state index in [2.05, 4.69) is 272 Å². The maximum absolute atomic E-state index is 4.85. The summed E-state index contributed by atoms with van der Waals surface area (Å²) < 4.78 is 0. The zero-order chi connectivity index (χ0) is 45.1. The number of hydrogen-bond acceptors (Lipinski definition) is 9. The fraction of sp³-hybridized carbons (Fsp3) is 0.477. The van der Waals surface area contributed by atoms with Crippen LogP contribution >= 0.6 is 51.1 Å². The van der Waals surface area contributed by atoms with Crippen molar-refractivity contribution in [1.82, 2.24) is 44.2 Å². The summed E-state index contributed by atoms with van der Waals surface area (Å²) in [4.78, 5) is 22.9. The summed E-state index contributed by atoms with van der Waals surface area (Å²) in [7, 11) is 13.4. The van der Waals surface area contributed by atoms with Crippen molar-refractivity contribution in [2.75, 3.05) is 31.5 Å². The first-order valence-corrected chi connectivity index (χ1v) is 27.5. The molecule has 1 aromatic heterocycles. The summed E-state index contributed by atoms with van der Waals surface area (Å²) in [5, 5.41) is 0.194. The van der Waals surface area contributed by atoms with Gasteiger partial charge in [0.15, 0.2) is 0 Å². The summed E-state index contributed by atoms with van der Waals surface area (Å²) in [6, 6.07) is 15.3. The Morgan fingerprint density at radius 2 is 0.726 bits per heavy atom. The molecule has 0 amide bonds. The van der Waals surface area contributed by atoms with Gasteiger partial charge in [0, 0.05) is 26.2 Å². The molecular weight excluding hydrogens is 1190 g/mol. The molecule has 62 heavy (non-hydrogen) atoms. The van der Waals surface area contributed by atoms with Crippen molar-refractivity contribution >= 4 is 51.1 Å². The first-order chi connectivity index (χ1) is 29.9. The average molecular weight is 1250 g/mol. The van der Waals surface area contributed by atoms with Gasteiger partial charge in [-0.25, -0.2) is 0 Å². The second-order valence-electron chi connectivity index (χ2n) is 14.3. The molecule has 0 radical (unpaired) electrons. The molecule has 0 saturated carbocycles. The van der Waals surface area contributed by atoms with Gasteiger partial charge in [-0.3, -0.25) is 4.98 Å². The number of unbranched alkanes of at least 4 members (excludes halogenated alkanes) is 4. The quantitative estimate of drug-likeness (QED) is 0.0734. The first kappa shape index (κ1) is 61.6. The molecule has 0 saturated heterocycles. The summed E-state index contributed by atoms with van der Waals surface area (Å²) in [6.45, 7) is 25.6. The Balaban J connectivity index is 0.00000100. The molecule has 2 aromatic rings. The molecule has 0 unspecified atom stereocenters. The fourth-order valence-corrected chi connectivity index (χ4v) is 6.35. The van der Waals surface area contributed by atoms with Gasteiger partial charge in [0.25, 0.3) is 0 Å². The van der Waals surface area contributed by atoms with Crippen LogP contribution < -0.4 is 12.4 Å². The van der Waals surface area contributed by atoms with Crippen molar-refractivity contribution in [2.24, 2.45) is 0 Å². The number of aromatic nitrogens is 1. The Morgan fingerprint density at radius 3 is 1.02 bits per heavy atom. The van der Waals surface area contributed by atoms with Crippen LogP contribution in [0.15, 0.2) is 92.1 Å². The molecule has 4 aliphatic heterocycles. The van der Waals surface area contributed by atoms with E-state index in [9.17, 15) is 0 Å². The number of pyridine rings is 1. The van der Waals surface area contributed by atoms with E-state index in [0.717, 1.165) is 63.7 Å². The third-order valence-corrected chi connectivity index (χ3v) is 9.34. The van der Waals surface area contributed by atoms with E-state index in [1.54, 1.807) is 0 Å². The van der Waals surface area contributed by atoms with Crippen LogP contribution in [0.2, 0.25) is 0 Å². The molecule has 9 nitrogen and oxygen atoms in total. The van der Waals surface area contributed by atoms with Crippen LogP contribution in [0.25, 0.3) is 0 Å². The van der Waals surface area contributed by atoms with E-state index >= 15 is 0 Å². The Morgan fingerprint density at radius 1 is 0.468 bits per heavy atom. The summed E-state index contributed by atoms with van der Waals surface area (Å²) in [5.41, 5.74) is 4.91. The van der Waals surface area contributed by atoms with Crippen LogP contribution in [0.1, 0.15) is 102 Å². The molecule has 0 N–H and O–H groups in total. The monoisotopic (exact) mass is 1250 g/mol.